The van der Waals surface area contributed by atoms with Crippen molar-refractivity contribution >= 4 is 29.0 Å². The van der Waals surface area contributed by atoms with E-state index in [1.54, 1.807) is 4.68 Å². The molecule has 1 saturated heterocycles. The van der Waals surface area contributed by atoms with E-state index in [1.807, 2.05) is 24.3 Å². The lowest BCUT2D eigenvalue weighted by molar-refractivity contribution is -0.113. The topological polar surface area (TPSA) is 75.9 Å². The van der Waals surface area contributed by atoms with E-state index >= 15 is 0 Å². The van der Waals surface area contributed by atoms with Gasteiger partial charge >= 0.3 is 0 Å². The maximum absolute atomic E-state index is 12.4. The van der Waals surface area contributed by atoms with Gasteiger partial charge in [0.25, 0.3) is 0 Å². The standard InChI is InChI=1S/C23H28N6OS/c1-17(2)18-6-10-21(11-7-18)29-23(25-26-27-29)31-16-22(30)24-19-8-12-20(13-9-19)28-14-4-3-5-15-28/h6-13,17H,3-5,14-16H2,1-2H3,(H,24,30). The predicted octanol–water partition coefficient (Wildman–Crippen LogP) is 4.51. The molecule has 1 N–H and O–H groups in total. The first-order chi connectivity index (χ1) is 15.1. The van der Waals surface area contributed by atoms with Crippen LogP contribution >= 0.6 is 11.8 Å². The van der Waals surface area contributed by atoms with Gasteiger partial charge in [-0.05, 0) is 77.6 Å². The summed E-state index contributed by atoms with van der Waals surface area (Å²) in [5.74, 6) is 0.619. The summed E-state index contributed by atoms with van der Waals surface area (Å²) >= 11 is 1.32. The average Bonchev–Trinajstić information content (AvgIpc) is 3.27. The van der Waals surface area contributed by atoms with Crippen LogP contribution in [0.1, 0.15) is 44.6 Å². The third kappa shape index (κ3) is 5.44. The fraction of sp³-hybridized carbons (Fsp3) is 0.391. The Morgan fingerprint density at radius 3 is 2.35 bits per heavy atom. The van der Waals surface area contributed by atoms with Crippen LogP contribution in [0, 0.1) is 0 Å². The minimum absolute atomic E-state index is 0.0829. The zero-order chi connectivity index (χ0) is 21.6. The molecule has 1 aromatic heterocycles. The number of thioether (sulfide) groups is 1. The zero-order valence-electron chi connectivity index (χ0n) is 18.0. The van der Waals surface area contributed by atoms with Gasteiger partial charge in [-0.3, -0.25) is 4.79 Å². The van der Waals surface area contributed by atoms with Crippen molar-refractivity contribution < 1.29 is 4.79 Å². The number of aromatic nitrogens is 4. The van der Waals surface area contributed by atoms with Crippen molar-refractivity contribution in [3.8, 4) is 5.69 Å². The molecule has 0 bridgehead atoms. The first kappa shape index (κ1) is 21.4. The van der Waals surface area contributed by atoms with Crippen molar-refractivity contribution in [3.63, 3.8) is 0 Å². The second kappa shape index (κ2) is 9.96. The molecule has 7 nitrogen and oxygen atoms in total. The molecule has 31 heavy (non-hydrogen) atoms. The lowest BCUT2D eigenvalue weighted by atomic mass is 10.0. The Bertz CT molecular complexity index is 994. The quantitative estimate of drug-likeness (QED) is 0.549. The highest BCUT2D eigenvalue weighted by Gasteiger charge is 2.13. The Morgan fingerprint density at radius 1 is 1.00 bits per heavy atom. The van der Waals surface area contributed by atoms with E-state index in [2.05, 4.69) is 63.9 Å². The number of tetrazole rings is 1. The van der Waals surface area contributed by atoms with Crippen molar-refractivity contribution in [1.82, 2.24) is 20.2 Å². The molecule has 0 radical (unpaired) electrons. The Kier molecular flexibility index (Phi) is 6.86. The molecule has 0 aliphatic carbocycles. The van der Waals surface area contributed by atoms with Crippen LogP contribution in [0.3, 0.4) is 0 Å². The van der Waals surface area contributed by atoms with Crippen LogP contribution in [-0.2, 0) is 4.79 Å². The molecule has 0 unspecified atom stereocenters. The SMILES string of the molecule is CC(C)c1ccc(-n2nnnc2SCC(=O)Nc2ccc(N3CCCCC3)cc2)cc1. The third-order valence-electron chi connectivity index (χ3n) is 5.45. The number of hydrogen-bond acceptors (Lipinski definition) is 6. The maximum Gasteiger partial charge on any atom is 0.234 e. The lowest BCUT2D eigenvalue weighted by Gasteiger charge is -2.28. The van der Waals surface area contributed by atoms with Gasteiger partial charge in [0.1, 0.15) is 0 Å². The minimum Gasteiger partial charge on any atom is -0.372 e. The maximum atomic E-state index is 12.4. The number of carbonyl (C=O) groups is 1. The van der Waals surface area contributed by atoms with E-state index in [4.69, 9.17) is 0 Å². The molecule has 0 spiro atoms. The summed E-state index contributed by atoms with van der Waals surface area (Å²) in [5, 5.41) is 15.5. The molecule has 1 fully saturated rings. The number of amides is 1. The van der Waals surface area contributed by atoms with Gasteiger partial charge in [0.15, 0.2) is 0 Å². The summed E-state index contributed by atoms with van der Waals surface area (Å²) < 4.78 is 1.66. The third-order valence-corrected chi connectivity index (χ3v) is 6.37. The number of carbonyl (C=O) groups excluding carboxylic acids is 1. The highest BCUT2D eigenvalue weighted by atomic mass is 32.2. The Labute approximate surface area is 187 Å². The summed E-state index contributed by atoms with van der Waals surface area (Å²) in [7, 11) is 0. The van der Waals surface area contributed by atoms with Crippen LogP contribution in [0.5, 0.6) is 0 Å². The molecule has 1 aliphatic rings. The number of piperidine rings is 1. The fourth-order valence-corrected chi connectivity index (χ4v) is 4.36. The molecule has 0 saturated carbocycles. The van der Waals surface area contributed by atoms with Crippen LogP contribution in [0.25, 0.3) is 5.69 Å². The van der Waals surface area contributed by atoms with E-state index in [-0.39, 0.29) is 11.7 Å². The van der Waals surface area contributed by atoms with Crippen LogP contribution in [0.15, 0.2) is 53.7 Å². The highest BCUT2D eigenvalue weighted by Crippen LogP contribution is 2.23. The summed E-state index contributed by atoms with van der Waals surface area (Å²) in [6.07, 6.45) is 3.81. The van der Waals surface area contributed by atoms with E-state index in [9.17, 15) is 4.79 Å². The average molecular weight is 437 g/mol. The molecule has 8 heteroatoms. The van der Waals surface area contributed by atoms with E-state index in [0.717, 1.165) is 24.5 Å². The van der Waals surface area contributed by atoms with Crippen molar-refractivity contribution in [2.24, 2.45) is 0 Å². The van der Waals surface area contributed by atoms with E-state index < -0.39 is 0 Å². The summed E-state index contributed by atoms with van der Waals surface area (Å²) in [5.41, 5.74) is 4.16. The molecule has 3 aromatic rings. The Morgan fingerprint density at radius 2 is 1.68 bits per heavy atom. The van der Waals surface area contributed by atoms with Crippen LogP contribution in [-0.4, -0.2) is 45.0 Å². The smallest absolute Gasteiger partial charge is 0.234 e. The number of rotatable bonds is 7. The monoisotopic (exact) mass is 436 g/mol. The van der Waals surface area contributed by atoms with Gasteiger partial charge < -0.3 is 10.2 Å². The van der Waals surface area contributed by atoms with E-state index in [0.29, 0.717) is 11.1 Å². The molecular weight excluding hydrogens is 408 g/mol. The Balaban J connectivity index is 1.33. The summed E-state index contributed by atoms with van der Waals surface area (Å²) in [6.45, 7) is 6.54. The second-order valence-corrected chi connectivity index (χ2v) is 8.99. The molecule has 2 aromatic carbocycles. The van der Waals surface area contributed by atoms with Gasteiger partial charge in [0.2, 0.25) is 11.1 Å². The molecule has 1 aliphatic heterocycles. The molecule has 162 valence electrons. The van der Waals surface area contributed by atoms with Crippen molar-refractivity contribution in [3.05, 3.63) is 54.1 Å². The first-order valence-electron chi connectivity index (χ1n) is 10.8. The number of nitrogens with zero attached hydrogens (tertiary/aromatic N) is 5. The normalized spacial score (nSPS) is 14.1. The summed E-state index contributed by atoms with van der Waals surface area (Å²) in [6, 6.07) is 16.2. The minimum atomic E-state index is -0.0829. The van der Waals surface area contributed by atoms with Gasteiger partial charge in [-0.2, -0.15) is 4.68 Å². The molecule has 4 rings (SSSR count). The second-order valence-electron chi connectivity index (χ2n) is 8.05. The number of anilines is 2. The van der Waals surface area contributed by atoms with Crippen molar-refractivity contribution in [2.75, 3.05) is 29.1 Å². The van der Waals surface area contributed by atoms with Crippen molar-refractivity contribution in [1.29, 1.82) is 0 Å². The zero-order valence-corrected chi connectivity index (χ0v) is 18.8. The highest BCUT2D eigenvalue weighted by molar-refractivity contribution is 7.99. The number of hydrogen-bond donors (Lipinski definition) is 1. The number of benzene rings is 2. The van der Waals surface area contributed by atoms with Gasteiger partial charge in [0.05, 0.1) is 11.4 Å². The van der Waals surface area contributed by atoms with E-state index in [1.165, 1.54) is 42.3 Å². The van der Waals surface area contributed by atoms with Crippen LogP contribution in [0.2, 0.25) is 0 Å². The van der Waals surface area contributed by atoms with Gasteiger partial charge in [-0.25, -0.2) is 0 Å². The van der Waals surface area contributed by atoms with Gasteiger partial charge in [-0.1, -0.05) is 37.7 Å². The molecule has 0 atom stereocenters. The molecular formula is C23H28N6OS. The van der Waals surface area contributed by atoms with Crippen LogP contribution in [0.4, 0.5) is 11.4 Å². The number of nitrogens with one attached hydrogen (secondary N) is 1. The Hall–Kier alpha value is -2.87. The lowest BCUT2D eigenvalue weighted by Crippen LogP contribution is -2.29. The molecule has 1 amide bonds. The largest absolute Gasteiger partial charge is 0.372 e. The summed E-state index contributed by atoms with van der Waals surface area (Å²) in [4.78, 5) is 14.8. The van der Waals surface area contributed by atoms with Crippen molar-refractivity contribution in [2.45, 2.75) is 44.2 Å². The predicted molar refractivity (Wildman–Crippen MR) is 125 cm³/mol. The van der Waals surface area contributed by atoms with Gasteiger partial charge in [0, 0.05) is 24.5 Å². The first-order valence-corrected chi connectivity index (χ1v) is 11.7. The fourth-order valence-electron chi connectivity index (χ4n) is 3.67. The van der Waals surface area contributed by atoms with Gasteiger partial charge in [-0.15, -0.1) is 5.10 Å². The van der Waals surface area contributed by atoms with Crippen LogP contribution < -0.4 is 10.2 Å². The molecule has 2 heterocycles.